The molecule has 1 heterocycles. The summed E-state index contributed by atoms with van der Waals surface area (Å²) in [6, 6.07) is 5.38. The first kappa shape index (κ1) is 13.8. The molecule has 5 nitrogen and oxygen atoms in total. The number of benzene rings is 1. The molecule has 0 saturated heterocycles. The highest BCUT2D eigenvalue weighted by Gasteiger charge is 2.31. The zero-order valence-electron chi connectivity index (χ0n) is 11.3. The summed E-state index contributed by atoms with van der Waals surface area (Å²) in [4.78, 5) is 10.1. The molecular weight excluding hydrogens is 275 g/mol. The van der Waals surface area contributed by atoms with E-state index >= 15 is 0 Å². The van der Waals surface area contributed by atoms with Gasteiger partial charge in [-0.05, 0) is 42.0 Å². The van der Waals surface area contributed by atoms with Crippen LogP contribution in [0, 0.1) is 21.8 Å². The molecule has 21 heavy (non-hydrogen) atoms. The van der Waals surface area contributed by atoms with E-state index in [1.54, 1.807) is 17.0 Å². The molecule has 1 aliphatic carbocycles. The zero-order valence-corrected chi connectivity index (χ0v) is 11.3. The molecule has 1 saturated carbocycles. The lowest BCUT2D eigenvalue weighted by Gasteiger charge is -2.07. The largest absolute Gasteiger partial charge is 0.388 e. The van der Waals surface area contributed by atoms with Crippen LogP contribution in [0.5, 0.6) is 0 Å². The molecule has 3 rings (SSSR count). The normalized spacial score (nSPS) is 15.9. The van der Waals surface area contributed by atoms with E-state index < -0.39 is 16.8 Å². The molecule has 6 heteroatoms. The second-order valence-electron chi connectivity index (χ2n) is 5.47. The molecule has 0 spiro atoms. The standard InChI is InChI=1S/C15H15FN2O3/c16-13-5-10(6-14(7-13)18(20)21)8-17-4-3-12(9-17)15(19)11-1-2-11/h3-7,9,11,15,19H,1-2,8H2. The van der Waals surface area contributed by atoms with Crippen molar-refractivity contribution >= 4 is 5.69 Å². The molecule has 0 amide bonds. The van der Waals surface area contributed by atoms with E-state index in [0.717, 1.165) is 24.5 Å². The van der Waals surface area contributed by atoms with Crippen molar-refractivity contribution in [2.45, 2.75) is 25.5 Å². The molecule has 1 fully saturated rings. The Bertz CT molecular complexity index is 679. The number of hydrogen-bond donors (Lipinski definition) is 1. The van der Waals surface area contributed by atoms with Gasteiger partial charge in [0.1, 0.15) is 5.82 Å². The van der Waals surface area contributed by atoms with Gasteiger partial charge >= 0.3 is 0 Å². The van der Waals surface area contributed by atoms with Crippen LogP contribution in [0.15, 0.2) is 36.7 Å². The van der Waals surface area contributed by atoms with Crippen LogP contribution in [0.4, 0.5) is 10.1 Å². The van der Waals surface area contributed by atoms with Crippen molar-refractivity contribution < 1.29 is 14.4 Å². The van der Waals surface area contributed by atoms with Gasteiger partial charge in [-0.25, -0.2) is 4.39 Å². The summed E-state index contributed by atoms with van der Waals surface area (Å²) >= 11 is 0. The third kappa shape index (κ3) is 3.11. The Morgan fingerprint density at radius 2 is 2.19 bits per heavy atom. The predicted molar refractivity (Wildman–Crippen MR) is 74.3 cm³/mol. The Hall–Kier alpha value is -2.21. The molecule has 1 aromatic carbocycles. The lowest BCUT2D eigenvalue weighted by atomic mass is 10.1. The Morgan fingerprint density at radius 1 is 1.43 bits per heavy atom. The molecule has 1 atom stereocenters. The third-order valence-corrected chi connectivity index (χ3v) is 3.70. The van der Waals surface area contributed by atoms with Crippen LogP contribution >= 0.6 is 0 Å². The first-order valence-electron chi connectivity index (χ1n) is 6.80. The molecule has 1 N–H and O–H groups in total. The Morgan fingerprint density at radius 3 is 2.86 bits per heavy atom. The third-order valence-electron chi connectivity index (χ3n) is 3.70. The number of aliphatic hydroxyl groups is 1. The van der Waals surface area contributed by atoms with E-state index in [9.17, 15) is 19.6 Å². The second-order valence-corrected chi connectivity index (χ2v) is 5.47. The van der Waals surface area contributed by atoms with Crippen LogP contribution in [-0.4, -0.2) is 14.6 Å². The predicted octanol–water partition coefficient (Wildman–Crippen LogP) is 3.03. The quantitative estimate of drug-likeness (QED) is 0.679. The summed E-state index contributed by atoms with van der Waals surface area (Å²) in [6.07, 6.45) is 5.23. The smallest absolute Gasteiger partial charge is 0.272 e. The number of aromatic nitrogens is 1. The Kier molecular flexibility index (Phi) is 3.47. The molecule has 2 aromatic rings. The molecular formula is C15H15FN2O3. The van der Waals surface area contributed by atoms with E-state index in [4.69, 9.17) is 0 Å². The van der Waals surface area contributed by atoms with Crippen molar-refractivity contribution in [1.82, 2.24) is 4.57 Å². The lowest BCUT2D eigenvalue weighted by molar-refractivity contribution is -0.385. The van der Waals surface area contributed by atoms with Gasteiger partial charge in [0.05, 0.1) is 17.1 Å². The van der Waals surface area contributed by atoms with Crippen LogP contribution < -0.4 is 0 Å². The molecule has 1 aliphatic rings. The summed E-state index contributed by atoms with van der Waals surface area (Å²) in [6.45, 7) is 0.329. The van der Waals surface area contributed by atoms with Crippen molar-refractivity contribution in [3.8, 4) is 0 Å². The minimum Gasteiger partial charge on any atom is -0.388 e. The molecule has 1 unspecified atom stereocenters. The van der Waals surface area contributed by atoms with Gasteiger partial charge in [0.25, 0.3) is 5.69 Å². The van der Waals surface area contributed by atoms with Crippen molar-refractivity contribution in [2.75, 3.05) is 0 Å². The fourth-order valence-corrected chi connectivity index (χ4v) is 2.46. The number of rotatable bonds is 5. The van der Waals surface area contributed by atoms with Gasteiger partial charge in [0, 0.05) is 25.0 Å². The number of aliphatic hydroxyl groups excluding tert-OH is 1. The summed E-state index contributed by atoms with van der Waals surface area (Å²) in [5.74, 6) is -0.277. The number of nitro groups is 1. The number of non-ortho nitro benzene ring substituents is 1. The second kappa shape index (κ2) is 5.29. The number of nitrogens with zero attached hydrogens (tertiary/aromatic N) is 2. The van der Waals surface area contributed by atoms with Crippen LogP contribution in [0.25, 0.3) is 0 Å². The Balaban J connectivity index is 1.78. The van der Waals surface area contributed by atoms with Crippen LogP contribution in [-0.2, 0) is 6.54 Å². The average Bonchev–Trinajstić information content (AvgIpc) is 3.18. The van der Waals surface area contributed by atoms with Gasteiger partial charge in [0.2, 0.25) is 0 Å². The first-order valence-corrected chi connectivity index (χ1v) is 6.80. The maximum atomic E-state index is 13.4. The highest BCUT2D eigenvalue weighted by molar-refractivity contribution is 5.35. The minimum atomic E-state index is -0.621. The lowest BCUT2D eigenvalue weighted by Crippen LogP contribution is -2.01. The molecule has 0 aliphatic heterocycles. The summed E-state index contributed by atoms with van der Waals surface area (Å²) < 4.78 is 15.2. The number of nitro benzene ring substituents is 1. The SMILES string of the molecule is O=[N+]([O-])c1cc(F)cc(Cn2ccc(C(O)C3CC3)c2)c1. The fraction of sp³-hybridized carbons (Fsp3) is 0.333. The highest BCUT2D eigenvalue weighted by Crippen LogP contribution is 2.40. The van der Waals surface area contributed by atoms with Gasteiger partial charge in [0.15, 0.2) is 0 Å². The monoisotopic (exact) mass is 290 g/mol. The number of halogens is 1. The van der Waals surface area contributed by atoms with E-state index in [1.165, 1.54) is 12.1 Å². The van der Waals surface area contributed by atoms with Crippen LogP contribution in [0.2, 0.25) is 0 Å². The first-order chi connectivity index (χ1) is 10.0. The van der Waals surface area contributed by atoms with Crippen molar-refractivity contribution in [3.63, 3.8) is 0 Å². The Labute approximate surface area is 120 Å². The van der Waals surface area contributed by atoms with Gasteiger partial charge in [-0.3, -0.25) is 10.1 Å². The van der Waals surface area contributed by atoms with E-state index in [0.29, 0.717) is 18.0 Å². The fourth-order valence-electron chi connectivity index (χ4n) is 2.46. The summed E-state index contributed by atoms with van der Waals surface area (Å²) in [5.41, 5.74) is 1.10. The van der Waals surface area contributed by atoms with Crippen molar-refractivity contribution in [3.05, 3.63) is 63.7 Å². The van der Waals surface area contributed by atoms with Gasteiger partial charge < -0.3 is 9.67 Å². The summed E-state index contributed by atoms with van der Waals surface area (Å²) in [5, 5.41) is 20.8. The molecule has 0 bridgehead atoms. The molecule has 110 valence electrons. The summed E-state index contributed by atoms with van der Waals surface area (Å²) in [7, 11) is 0. The maximum Gasteiger partial charge on any atom is 0.272 e. The minimum absolute atomic E-state index is 0.254. The topological polar surface area (TPSA) is 68.3 Å². The zero-order chi connectivity index (χ0) is 15.0. The van der Waals surface area contributed by atoms with Crippen molar-refractivity contribution in [1.29, 1.82) is 0 Å². The van der Waals surface area contributed by atoms with E-state index in [2.05, 4.69) is 0 Å². The molecule has 1 aromatic heterocycles. The van der Waals surface area contributed by atoms with Crippen LogP contribution in [0.3, 0.4) is 0 Å². The van der Waals surface area contributed by atoms with Gasteiger partial charge in [-0.15, -0.1) is 0 Å². The van der Waals surface area contributed by atoms with E-state index in [-0.39, 0.29) is 5.69 Å². The highest BCUT2D eigenvalue weighted by atomic mass is 19.1. The molecule has 0 radical (unpaired) electrons. The average molecular weight is 290 g/mol. The van der Waals surface area contributed by atoms with Crippen molar-refractivity contribution in [2.24, 2.45) is 5.92 Å². The van der Waals surface area contributed by atoms with Gasteiger partial charge in [-0.1, -0.05) is 0 Å². The van der Waals surface area contributed by atoms with Gasteiger partial charge in [-0.2, -0.15) is 0 Å². The van der Waals surface area contributed by atoms with Crippen LogP contribution in [0.1, 0.15) is 30.1 Å². The number of hydrogen-bond acceptors (Lipinski definition) is 3. The maximum absolute atomic E-state index is 13.4. The van der Waals surface area contributed by atoms with E-state index in [1.807, 2.05) is 6.07 Å².